The molecule has 1 N–H and O–H groups in total. The highest BCUT2D eigenvalue weighted by atomic mass is 15.3. The first-order valence-corrected chi connectivity index (χ1v) is 10.3. The Morgan fingerprint density at radius 1 is 0.630 bits per heavy atom. The minimum Gasteiger partial charge on any atom is -0.314 e. The molecule has 1 aliphatic heterocycles. The first-order valence-electron chi connectivity index (χ1n) is 10.3. The molecule has 5 heteroatoms. The third kappa shape index (κ3) is 11.3. The van der Waals surface area contributed by atoms with E-state index < -0.39 is 0 Å². The van der Waals surface area contributed by atoms with Crippen molar-refractivity contribution in [3.05, 3.63) is 50.6 Å². The SMILES string of the molecule is C=CCN(CC=C)CCN1CCNCCN(CCN(CC=C)CC=C)CC1. The molecule has 0 aliphatic carbocycles. The summed E-state index contributed by atoms with van der Waals surface area (Å²) in [6.07, 6.45) is 7.90. The van der Waals surface area contributed by atoms with Crippen LogP contribution in [0.1, 0.15) is 0 Å². The van der Waals surface area contributed by atoms with Gasteiger partial charge in [-0.1, -0.05) is 24.3 Å². The molecule has 0 bridgehead atoms. The fraction of sp³-hybridized carbons (Fsp3) is 0.636. The standard InChI is InChI=1S/C22H41N5/c1-5-11-24(12-6-2)17-19-26-15-9-23-10-16-27(22-21-26)20-18-25(13-7-3)14-8-4/h5-8,23H,1-4,9-22H2. The molecule has 0 spiro atoms. The molecule has 154 valence electrons. The van der Waals surface area contributed by atoms with Crippen LogP contribution in [0.5, 0.6) is 0 Å². The Morgan fingerprint density at radius 3 is 1.33 bits per heavy atom. The van der Waals surface area contributed by atoms with Gasteiger partial charge in [0.2, 0.25) is 0 Å². The number of hydrogen-bond donors (Lipinski definition) is 1. The fourth-order valence-electron chi connectivity index (χ4n) is 3.36. The van der Waals surface area contributed by atoms with Crippen molar-refractivity contribution in [2.75, 3.05) is 91.6 Å². The lowest BCUT2D eigenvalue weighted by Gasteiger charge is -2.29. The maximum atomic E-state index is 3.87. The van der Waals surface area contributed by atoms with Crippen LogP contribution >= 0.6 is 0 Å². The van der Waals surface area contributed by atoms with Crippen LogP contribution < -0.4 is 5.32 Å². The van der Waals surface area contributed by atoms with Gasteiger partial charge in [-0.3, -0.25) is 19.6 Å². The maximum Gasteiger partial charge on any atom is 0.0164 e. The van der Waals surface area contributed by atoms with Gasteiger partial charge in [-0.2, -0.15) is 0 Å². The topological polar surface area (TPSA) is 25.0 Å². The second-order valence-corrected chi connectivity index (χ2v) is 7.11. The van der Waals surface area contributed by atoms with Crippen LogP contribution in [0.2, 0.25) is 0 Å². The highest BCUT2D eigenvalue weighted by molar-refractivity contribution is 4.82. The van der Waals surface area contributed by atoms with Gasteiger partial charge >= 0.3 is 0 Å². The van der Waals surface area contributed by atoms with Gasteiger partial charge in [0.15, 0.2) is 0 Å². The molecule has 0 aromatic heterocycles. The molecule has 5 nitrogen and oxygen atoms in total. The van der Waals surface area contributed by atoms with Gasteiger partial charge in [-0.15, -0.1) is 26.3 Å². The molecule has 1 heterocycles. The molecule has 0 atom stereocenters. The van der Waals surface area contributed by atoms with Crippen molar-refractivity contribution < 1.29 is 0 Å². The quantitative estimate of drug-likeness (QED) is 0.465. The van der Waals surface area contributed by atoms with Crippen molar-refractivity contribution in [2.45, 2.75) is 0 Å². The van der Waals surface area contributed by atoms with E-state index in [4.69, 9.17) is 0 Å². The fourth-order valence-corrected chi connectivity index (χ4v) is 3.36. The molecule has 1 aliphatic rings. The van der Waals surface area contributed by atoms with Crippen LogP contribution in [0.25, 0.3) is 0 Å². The Morgan fingerprint density at radius 2 is 1.00 bits per heavy atom. The van der Waals surface area contributed by atoms with Crippen LogP contribution in [0.15, 0.2) is 50.6 Å². The molecule has 27 heavy (non-hydrogen) atoms. The van der Waals surface area contributed by atoms with Crippen LogP contribution in [0, 0.1) is 0 Å². The Hall–Kier alpha value is -1.24. The summed E-state index contributed by atoms with van der Waals surface area (Å²) in [5, 5.41) is 3.59. The van der Waals surface area contributed by atoms with E-state index in [0.29, 0.717) is 0 Å². The number of nitrogens with one attached hydrogen (secondary N) is 1. The average Bonchev–Trinajstić information content (AvgIpc) is 2.77. The van der Waals surface area contributed by atoms with E-state index in [9.17, 15) is 0 Å². The second kappa shape index (κ2) is 15.8. The number of rotatable bonds is 14. The van der Waals surface area contributed by atoms with Crippen molar-refractivity contribution in [3.63, 3.8) is 0 Å². The summed E-state index contributed by atoms with van der Waals surface area (Å²) in [5.74, 6) is 0. The lowest BCUT2D eigenvalue weighted by atomic mass is 10.3. The van der Waals surface area contributed by atoms with Crippen LogP contribution in [-0.2, 0) is 0 Å². The zero-order chi connectivity index (χ0) is 19.7. The zero-order valence-electron chi connectivity index (χ0n) is 17.3. The van der Waals surface area contributed by atoms with E-state index in [1.54, 1.807) is 0 Å². The summed E-state index contributed by atoms with van der Waals surface area (Å²) in [5.41, 5.74) is 0. The van der Waals surface area contributed by atoms with Crippen molar-refractivity contribution >= 4 is 0 Å². The predicted molar refractivity (Wildman–Crippen MR) is 119 cm³/mol. The van der Waals surface area contributed by atoms with E-state index in [-0.39, 0.29) is 0 Å². The lowest BCUT2D eigenvalue weighted by molar-refractivity contribution is 0.184. The number of hydrogen-bond acceptors (Lipinski definition) is 5. The van der Waals surface area contributed by atoms with Gasteiger partial charge in [0.25, 0.3) is 0 Å². The van der Waals surface area contributed by atoms with E-state index in [1.165, 1.54) is 0 Å². The molecule has 0 amide bonds. The summed E-state index contributed by atoms with van der Waals surface area (Å²) < 4.78 is 0. The molecule has 1 rings (SSSR count). The largest absolute Gasteiger partial charge is 0.314 e. The molecular weight excluding hydrogens is 334 g/mol. The zero-order valence-corrected chi connectivity index (χ0v) is 17.3. The van der Waals surface area contributed by atoms with Gasteiger partial charge in [0, 0.05) is 91.6 Å². The van der Waals surface area contributed by atoms with Crippen molar-refractivity contribution in [1.82, 2.24) is 24.9 Å². The lowest BCUT2D eigenvalue weighted by Crippen LogP contribution is -2.42. The van der Waals surface area contributed by atoms with Crippen LogP contribution in [0.4, 0.5) is 0 Å². The monoisotopic (exact) mass is 375 g/mol. The first-order chi connectivity index (χ1) is 13.2. The summed E-state index contributed by atoms with van der Waals surface area (Å²) in [6.45, 7) is 30.1. The van der Waals surface area contributed by atoms with Crippen LogP contribution in [-0.4, -0.2) is 111 Å². The average molecular weight is 376 g/mol. The van der Waals surface area contributed by atoms with E-state index >= 15 is 0 Å². The summed E-state index contributed by atoms with van der Waals surface area (Å²) in [7, 11) is 0. The maximum absolute atomic E-state index is 3.87. The summed E-state index contributed by atoms with van der Waals surface area (Å²) in [6, 6.07) is 0. The Kier molecular flexibility index (Phi) is 13.9. The molecule has 1 fully saturated rings. The molecular formula is C22H41N5. The predicted octanol–water partition coefficient (Wildman–Crippen LogP) is 1.54. The molecule has 0 aromatic rings. The van der Waals surface area contributed by atoms with E-state index in [2.05, 4.69) is 51.2 Å². The minimum atomic E-state index is 0.923. The third-order valence-corrected chi connectivity index (χ3v) is 4.96. The Bertz CT molecular complexity index is 365. The van der Waals surface area contributed by atoms with Crippen LogP contribution in [0.3, 0.4) is 0 Å². The summed E-state index contributed by atoms with van der Waals surface area (Å²) in [4.78, 5) is 9.94. The number of nitrogens with zero attached hydrogens (tertiary/aromatic N) is 4. The smallest absolute Gasteiger partial charge is 0.0164 e. The minimum absolute atomic E-state index is 0.923. The van der Waals surface area contributed by atoms with Gasteiger partial charge in [-0.25, -0.2) is 0 Å². The molecule has 0 saturated carbocycles. The highest BCUT2D eigenvalue weighted by Crippen LogP contribution is 1.99. The molecule has 0 radical (unpaired) electrons. The van der Waals surface area contributed by atoms with Gasteiger partial charge in [-0.05, 0) is 0 Å². The molecule has 1 saturated heterocycles. The Balaban J connectivity index is 2.46. The van der Waals surface area contributed by atoms with Gasteiger partial charge < -0.3 is 5.32 Å². The summed E-state index contributed by atoms with van der Waals surface area (Å²) >= 11 is 0. The Labute approximate surface area is 167 Å². The van der Waals surface area contributed by atoms with Gasteiger partial charge in [0.1, 0.15) is 0 Å². The second-order valence-electron chi connectivity index (χ2n) is 7.11. The molecule has 0 aromatic carbocycles. The van der Waals surface area contributed by atoms with Gasteiger partial charge in [0.05, 0.1) is 0 Å². The normalized spacial score (nSPS) is 17.3. The van der Waals surface area contributed by atoms with E-state index in [0.717, 1.165) is 91.6 Å². The molecule has 0 unspecified atom stereocenters. The van der Waals surface area contributed by atoms with Crippen molar-refractivity contribution in [3.8, 4) is 0 Å². The first kappa shape index (κ1) is 23.8. The third-order valence-electron chi connectivity index (χ3n) is 4.96. The van der Waals surface area contributed by atoms with E-state index in [1.807, 2.05) is 24.3 Å². The van der Waals surface area contributed by atoms with Crippen molar-refractivity contribution in [1.29, 1.82) is 0 Å². The van der Waals surface area contributed by atoms with Crippen molar-refractivity contribution in [2.24, 2.45) is 0 Å². The highest BCUT2D eigenvalue weighted by Gasteiger charge is 2.14.